The lowest BCUT2D eigenvalue weighted by Crippen LogP contribution is -2.12. The summed E-state index contributed by atoms with van der Waals surface area (Å²) in [6.07, 6.45) is 0. The molecule has 0 aliphatic rings. The highest BCUT2D eigenvalue weighted by Gasteiger charge is 2.11. The summed E-state index contributed by atoms with van der Waals surface area (Å²) in [6.45, 7) is 9.86. The van der Waals surface area contributed by atoms with Gasteiger partial charge < -0.3 is 10.0 Å². The van der Waals surface area contributed by atoms with E-state index in [0.717, 1.165) is 11.3 Å². The van der Waals surface area contributed by atoms with Crippen molar-refractivity contribution in [1.29, 1.82) is 0 Å². The molecule has 1 rings (SSSR count). The van der Waals surface area contributed by atoms with E-state index in [1.54, 1.807) is 6.07 Å². The first kappa shape index (κ1) is 19.1. The number of rotatable bonds is 2. The van der Waals surface area contributed by atoms with Crippen molar-refractivity contribution in [2.45, 2.75) is 34.6 Å². The Balaban J connectivity index is 0. The fourth-order valence-corrected chi connectivity index (χ4v) is 1.47. The smallest absolute Gasteiger partial charge is 0.335 e. The van der Waals surface area contributed by atoms with Crippen LogP contribution in [0.1, 0.15) is 43.6 Å². The number of hydrogen-bond donors (Lipinski definition) is 1. The molecular weight excluding hydrogens is 250 g/mol. The zero-order valence-corrected chi connectivity index (χ0v) is 13.1. The van der Waals surface area contributed by atoms with Gasteiger partial charge in [-0.25, -0.2) is 4.79 Å². The molecule has 1 aromatic carbocycles. The molecule has 0 aromatic heterocycles. The maximum Gasteiger partial charge on any atom is 0.335 e. The summed E-state index contributed by atoms with van der Waals surface area (Å²) in [5.41, 5.74) is 1.93. The summed E-state index contributed by atoms with van der Waals surface area (Å²) in [5, 5.41) is 9.31. The van der Waals surface area contributed by atoms with Crippen molar-refractivity contribution in [3.63, 3.8) is 0 Å². The number of carboxylic acids is 1. The summed E-state index contributed by atoms with van der Waals surface area (Å²) in [5.74, 6) is -0.963. The third-order valence-corrected chi connectivity index (χ3v) is 2.44. The van der Waals surface area contributed by atoms with E-state index in [1.165, 1.54) is 6.07 Å². The van der Waals surface area contributed by atoms with Crippen LogP contribution in [-0.4, -0.2) is 25.2 Å². The van der Waals surface area contributed by atoms with Crippen LogP contribution in [0.5, 0.6) is 0 Å². The van der Waals surface area contributed by atoms with Crippen molar-refractivity contribution >= 4 is 23.3 Å². The van der Waals surface area contributed by atoms with Crippen LogP contribution in [0, 0.1) is 6.92 Å². The lowest BCUT2D eigenvalue weighted by molar-refractivity contribution is 0.0697. The van der Waals surface area contributed by atoms with Gasteiger partial charge in [0.2, 0.25) is 0 Å². The number of anilines is 1. The van der Waals surface area contributed by atoms with Gasteiger partial charge in [-0.2, -0.15) is 0 Å². The second kappa shape index (κ2) is 9.77. The number of carboxylic acid groups (broad SMARTS) is 1. The van der Waals surface area contributed by atoms with Crippen LogP contribution in [0.25, 0.3) is 0 Å². The molecule has 0 radical (unpaired) electrons. The lowest BCUT2D eigenvalue weighted by Gasteiger charge is -2.17. The average molecular weight is 274 g/mol. The molecule has 0 aliphatic carbocycles. The number of halogens is 1. The molecule has 0 amide bonds. The molecule has 0 saturated heterocycles. The van der Waals surface area contributed by atoms with Gasteiger partial charge in [-0.15, -0.1) is 0 Å². The van der Waals surface area contributed by atoms with Crippen molar-refractivity contribution in [3.8, 4) is 0 Å². The lowest BCUT2D eigenvalue weighted by atomic mass is 10.1. The first-order chi connectivity index (χ1) is 8.43. The first-order valence-corrected chi connectivity index (χ1v) is 6.52. The number of nitrogens with zero attached hydrogens (tertiary/aromatic N) is 1. The van der Waals surface area contributed by atoms with E-state index >= 15 is 0 Å². The predicted molar refractivity (Wildman–Crippen MR) is 80.2 cm³/mol. The highest BCUT2D eigenvalue weighted by Crippen LogP contribution is 2.27. The number of benzene rings is 1. The first-order valence-electron chi connectivity index (χ1n) is 6.14. The summed E-state index contributed by atoms with van der Waals surface area (Å²) in [6, 6.07) is 3.08. The van der Waals surface area contributed by atoms with Crippen LogP contribution in [0.4, 0.5) is 5.69 Å². The number of hydrogen-bond acceptors (Lipinski definition) is 2. The molecule has 0 fully saturated rings. The van der Waals surface area contributed by atoms with E-state index < -0.39 is 5.97 Å². The van der Waals surface area contributed by atoms with E-state index in [9.17, 15) is 4.79 Å². The SMILES string of the molecule is CC.CC.Cc1c(Cl)cc(C(=O)O)cc1N(C)C. The van der Waals surface area contributed by atoms with Gasteiger partial charge in [-0.1, -0.05) is 39.3 Å². The Bertz CT molecular complexity index is 376. The fraction of sp³-hybridized carbons (Fsp3) is 0.500. The standard InChI is InChI=1S/C10H12ClNO2.2C2H6/c1-6-8(11)4-7(10(13)14)5-9(6)12(2)3;2*1-2/h4-5H,1-3H3,(H,13,14);2*1-2H3. The van der Waals surface area contributed by atoms with Crippen molar-refractivity contribution in [2.24, 2.45) is 0 Å². The molecule has 0 atom stereocenters. The van der Waals surface area contributed by atoms with Crippen LogP contribution < -0.4 is 4.90 Å². The third-order valence-electron chi connectivity index (χ3n) is 2.05. The Morgan fingerprint density at radius 3 is 1.94 bits per heavy atom. The van der Waals surface area contributed by atoms with Crippen molar-refractivity contribution in [2.75, 3.05) is 19.0 Å². The quantitative estimate of drug-likeness (QED) is 0.864. The van der Waals surface area contributed by atoms with Gasteiger partial charge in [0.05, 0.1) is 5.56 Å². The highest BCUT2D eigenvalue weighted by molar-refractivity contribution is 6.32. The highest BCUT2D eigenvalue weighted by atomic mass is 35.5. The molecule has 104 valence electrons. The topological polar surface area (TPSA) is 40.5 Å². The largest absolute Gasteiger partial charge is 0.478 e. The second-order valence-electron chi connectivity index (χ2n) is 3.30. The minimum Gasteiger partial charge on any atom is -0.478 e. The monoisotopic (exact) mass is 273 g/mol. The molecule has 0 bridgehead atoms. The predicted octanol–water partition coefficient (Wildman–Crippen LogP) is 4.47. The van der Waals surface area contributed by atoms with Gasteiger partial charge in [0.25, 0.3) is 0 Å². The number of carbonyl (C=O) groups is 1. The van der Waals surface area contributed by atoms with E-state index in [4.69, 9.17) is 16.7 Å². The molecule has 0 heterocycles. The van der Waals surface area contributed by atoms with Gasteiger partial charge in [0.1, 0.15) is 0 Å². The second-order valence-corrected chi connectivity index (χ2v) is 3.71. The Labute approximate surface area is 115 Å². The zero-order chi connectivity index (χ0) is 14.9. The molecular formula is C14H24ClNO2. The van der Waals surface area contributed by atoms with Crippen LogP contribution in [0.2, 0.25) is 5.02 Å². The Hall–Kier alpha value is -1.22. The van der Waals surface area contributed by atoms with E-state index in [-0.39, 0.29) is 5.56 Å². The molecule has 0 saturated carbocycles. The van der Waals surface area contributed by atoms with Crippen molar-refractivity contribution in [3.05, 3.63) is 28.3 Å². The maximum atomic E-state index is 10.8. The fourth-order valence-electron chi connectivity index (χ4n) is 1.25. The third kappa shape index (κ3) is 5.41. The van der Waals surface area contributed by atoms with Gasteiger partial charge in [-0.3, -0.25) is 0 Å². The van der Waals surface area contributed by atoms with Crippen LogP contribution in [0.15, 0.2) is 12.1 Å². The summed E-state index contributed by atoms with van der Waals surface area (Å²) in [7, 11) is 3.70. The molecule has 18 heavy (non-hydrogen) atoms. The zero-order valence-electron chi connectivity index (χ0n) is 12.3. The molecule has 1 aromatic rings. The van der Waals surface area contributed by atoms with Crippen LogP contribution in [-0.2, 0) is 0 Å². The van der Waals surface area contributed by atoms with Gasteiger partial charge >= 0.3 is 5.97 Å². The molecule has 4 heteroatoms. The molecule has 0 aliphatic heterocycles. The van der Waals surface area contributed by atoms with E-state index in [1.807, 2.05) is 53.6 Å². The van der Waals surface area contributed by atoms with Crippen LogP contribution >= 0.6 is 11.6 Å². The maximum absolute atomic E-state index is 10.8. The van der Waals surface area contributed by atoms with E-state index in [0.29, 0.717) is 5.02 Å². The number of aromatic carboxylic acids is 1. The molecule has 3 nitrogen and oxygen atoms in total. The van der Waals surface area contributed by atoms with Gasteiger partial charge in [0.15, 0.2) is 0 Å². The minimum atomic E-state index is -0.963. The minimum absolute atomic E-state index is 0.212. The van der Waals surface area contributed by atoms with E-state index in [2.05, 4.69) is 0 Å². The summed E-state index contributed by atoms with van der Waals surface area (Å²) in [4.78, 5) is 12.6. The Morgan fingerprint density at radius 2 is 1.61 bits per heavy atom. The molecule has 0 spiro atoms. The van der Waals surface area contributed by atoms with Crippen molar-refractivity contribution < 1.29 is 9.90 Å². The van der Waals surface area contributed by atoms with Gasteiger partial charge in [-0.05, 0) is 24.6 Å². The molecule has 0 unspecified atom stereocenters. The molecule has 1 N–H and O–H groups in total. The van der Waals surface area contributed by atoms with Gasteiger partial charge in [0, 0.05) is 24.8 Å². The average Bonchev–Trinajstić information content (AvgIpc) is 2.36. The summed E-state index contributed by atoms with van der Waals surface area (Å²) < 4.78 is 0. The van der Waals surface area contributed by atoms with Crippen molar-refractivity contribution in [1.82, 2.24) is 0 Å². The Kier molecular flexibility index (Phi) is 10.4. The normalized spacial score (nSPS) is 8.44. The summed E-state index contributed by atoms with van der Waals surface area (Å²) >= 11 is 5.92. The Morgan fingerprint density at radius 1 is 1.17 bits per heavy atom. The van der Waals surface area contributed by atoms with Crippen LogP contribution in [0.3, 0.4) is 0 Å².